The number of aliphatic hydroxyl groups excluding tert-OH is 1. The molecule has 0 spiro atoms. The van der Waals surface area contributed by atoms with Gasteiger partial charge in [-0.25, -0.2) is 18.7 Å². The molecule has 4 aromatic rings. The van der Waals surface area contributed by atoms with Crippen LogP contribution in [0.3, 0.4) is 0 Å². The average Bonchev–Trinajstić information content (AvgIpc) is 3.38. The van der Waals surface area contributed by atoms with E-state index < -0.39 is 17.5 Å². The van der Waals surface area contributed by atoms with Gasteiger partial charge in [0.2, 0.25) is 5.91 Å². The lowest BCUT2D eigenvalue weighted by molar-refractivity contribution is -0.118. The van der Waals surface area contributed by atoms with Crippen LogP contribution in [0.2, 0.25) is 0 Å². The third kappa shape index (κ3) is 5.96. The van der Waals surface area contributed by atoms with Crippen LogP contribution in [0.15, 0.2) is 55.1 Å². The number of hydrogen-bond acceptors (Lipinski definition) is 8. The zero-order chi connectivity index (χ0) is 27.4. The molecule has 0 radical (unpaired) electrons. The quantitative estimate of drug-likeness (QED) is 0.316. The molecule has 1 fully saturated rings. The first-order chi connectivity index (χ1) is 18.9. The van der Waals surface area contributed by atoms with Crippen molar-refractivity contribution in [2.75, 3.05) is 37.7 Å². The second-order valence-electron chi connectivity index (χ2n) is 9.46. The number of carbonyl (C=O) groups is 1. The zero-order valence-electron chi connectivity index (χ0n) is 21.2. The van der Waals surface area contributed by atoms with Gasteiger partial charge >= 0.3 is 0 Å². The highest BCUT2D eigenvalue weighted by molar-refractivity contribution is 5.95. The van der Waals surface area contributed by atoms with E-state index >= 15 is 4.39 Å². The highest BCUT2D eigenvalue weighted by atomic mass is 19.2. The molecule has 204 valence electrons. The number of nitrogens with zero attached hydrogens (tertiary/aromatic N) is 6. The molecule has 12 heteroatoms. The van der Waals surface area contributed by atoms with Gasteiger partial charge in [0.15, 0.2) is 11.6 Å². The molecule has 3 N–H and O–H groups in total. The van der Waals surface area contributed by atoms with Gasteiger partial charge in [0.05, 0.1) is 23.1 Å². The molecule has 0 bridgehead atoms. The van der Waals surface area contributed by atoms with Crippen molar-refractivity contribution in [2.24, 2.45) is 11.7 Å². The number of likely N-dealkylation sites (tertiary alicyclic amines) is 1. The lowest BCUT2D eigenvalue weighted by atomic mass is 9.98. The topological polar surface area (TPSA) is 123 Å². The van der Waals surface area contributed by atoms with Gasteiger partial charge in [-0.3, -0.25) is 19.3 Å². The van der Waals surface area contributed by atoms with Gasteiger partial charge in [0, 0.05) is 30.8 Å². The van der Waals surface area contributed by atoms with Gasteiger partial charge in [0.1, 0.15) is 31.0 Å². The minimum absolute atomic E-state index is 0.0843. The van der Waals surface area contributed by atoms with E-state index in [1.165, 1.54) is 40.4 Å². The monoisotopic (exact) mass is 537 g/mol. The smallest absolute Gasteiger partial charge is 0.239 e. The maximum Gasteiger partial charge on any atom is 0.239 e. The lowest BCUT2D eigenvalue weighted by Gasteiger charge is -2.30. The molecule has 0 aliphatic carbocycles. The average molecular weight is 538 g/mol. The first-order valence-electron chi connectivity index (χ1n) is 12.7. The van der Waals surface area contributed by atoms with Gasteiger partial charge in [-0.15, -0.1) is 0 Å². The molecule has 1 amide bonds. The SMILES string of the molecule is NC(=O)Cn1cc(N(c2cccc(F)c2F)c2ncnc3cc(OCCN4CCC(CO)CC4)ccc23)cn1. The molecule has 1 saturated heterocycles. The molecular weight excluding hydrogens is 508 g/mol. The third-order valence-electron chi connectivity index (χ3n) is 6.81. The normalized spacial score (nSPS) is 14.5. The minimum atomic E-state index is -1.06. The van der Waals surface area contributed by atoms with E-state index in [9.17, 15) is 14.3 Å². The summed E-state index contributed by atoms with van der Waals surface area (Å²) in [4.78, 5) is 23.9. The number of fused-ring (bicyclic) bond motifs is 1. The Hall–Kier alpha value is -4.16. The Morgan fingerprint density at radius 2 is 2.00 bits per heavy atom. The van der Waals surface area contributed by atoms with Crippen molar-refractivity contribution in [3.63, 3.8) is 0 Å². The summed E-state index contributed by atoms with van der Waals surface area (Å²) in [5, 5.41) is 14.0. The maximum atomic E-state index is 15.0. The Morgan fingerprint density at radius 1 is 1.18 bits per heavy atom. The largest absolute Gasteiger partial charge is 0.492 e. The number of carbonyl (C=O) groups excluding carboxylic acids is 1. The van der Waals surface area contributed by atoms with Crippen molar-refractivity contribution in [1.29, 1.82) is 0 Å². The van der Waals surface area contributed by atoms with Crippen LogP contribution in [0.4, 0.5) is 26.0 Å². The fourth-order valence-electron chi connectivity index (χ4n) is 4.73. The summed E-state index contributed by atoms with van der Waals surface area (Å²) in [6, 6.07) is 9.18. The number of hydrogen-bond donors (Lipinski definition) is 2. The van der Waals surface area contributed by atoms with Crippen molar-refractivity contribution in [1.82, 2.24) is 24.6 Å². The van der Waals surface area contributed by atoms with Crippen molar-refractivity contribution >= 4 is 34.0 Å². The number of rotatable bonds is 10. The maximum absolute atomic E-state index is 15.0. The standard InChI is InChI=1S/C27H29F2N7O3/c28-22-2-1-3-24(26(22)29)36(19-13-33-35(14-19)15-25(30)38)27-21-5-4-20(12-23(21)31-17-32-27)39-11-10-34-8-6-18(16-37)7-9-34/h1-5,12-14,17-18,37H,6-11,15-16H2,(H2,30,38). The Bertz CT molecular complexity index is 1460. The molecule has 2 aromatic heterocycles. The fraction of sp³-hybridized carbons (Fsp3) is 0.333. The van der Waals surface area contributed by atoms with Crippen molar-refractivity contribution in [2.45, 2.75) is 19.4 Å². The van der Waals surface area contributed by atoms with Crippen LogP contribution < -0.4 is 15.4 Å². The van der Waals surface area contributed by atoms with Gasteiger partial charge < -0.3 is 15.6 Å². The van der Waals surface area contributed by atoms with Gasteiger partial charge in [-0.2, -0.15) is 5.10 Å². The summed E-state index contributed by atoms with van der Waals surface area (Å²) >= 11 is 0. The first-order valence-corrected chi connectivity index (χ1v) is 12.7. The fourth-order valence-corrected chi connectivity index (χ4v) is 4.73. The highest BCUT2D eigenvalue weighted by Crippen LogP contribution is 2.39. The number of benzene rings is 2. The Balaban J connectivity index is 1.42. The van der Waals surface area contributed by atoms with E-state index in [-0.39, 0.29) is 18.8 Å². The third-order valence-corrected chi connectivity index (χ3v) is 6.81. The molecule has 39 heavy (non-hydrogen) atoms. The van der Waals surface area contributed by atoms with E-state index in [0.717, 1.165) is 38.5 Å². The van der Waals surface area contributed by atoms with Gasteiger partial charge in [-0.05, 0) is 56.1 Å². The van der Waals surface area contributed by atoms with E-state index in [1.54, 1.807) is 18.2 Å². The van der Waals surface area contributed by atoms with E-state index in [4.69, 9.17) is 10.5 Å². The van der Waals surface area contributed by atoms with Crippen LogP contribution in [0.5, 0.6) is 5.75 Å². The number of ether oxygens (including phenoxy) is 1. The number of amides is 1. The van der Waals surface area contributed by atoms with Crippen molar-refractivity contribution in [3.05, 3.63) is 66.8 Å². The highest BCUT2D eigenvalue weighted by Gasteiger charge is 2.24. The summed E-state index contributed by atoms with van der Waals surface area (Å²) in [6.07, 6.45) is 6.22. The first kappa shape index (κ1) is 26.4. The molecule has 2 aromatic carbocycles. The molecule has 0 atom stereocenters. The van der Waals surface area contributed by atoms with Gasteiger partial charge in [0.25, 0.3) is 0 Å². The summed E-state index contributed by atoms with van der Waals surface area (Å²) in [5.74, 6) is -1.37. The van der Waals surface area contributed by atoms with E-state index in [0.29, 0.717) is 40.7 Å². The van der Waals surface area contributed by atoms with Crippen LogP contribution in [0.25, 0.3) is 10.9 Å². The number of piperidine rings is 1. The molecule has 10 nitrogen and oxygen atoms in total. The number of halogens is 2. The zero-order valence-corrected chi connectivity index (χ0v) is 21.2. The second-order valence-corrected chi connectivity index (χ2v) is 9.46. The Kier molecular flexibility index (Phi) is 7.94. The molecule has 1 aliphatic heterocycles. The number of aliphatic hydroxyl groups is 1. The molecule has 0 unspecified atom stereocenters. The molecule has 0 saturated carbocycles. The summed E-state index contributed by atoms with van der Waals surface area (Å²) < 4.78 is 36.6. The summed E-state index contributed by atoms with van der Waals surface area (Å²) in [7, 11) is 0. The van der Waals surface area contributed by atoms with Crippen LogP contribution in [-0.4, -0.2) is 68.5 Å². The van der Waals surface area contributed by atoms with Crippen LogP contribution >= 0.6 is 0 Å². The van der Waals surface area contributed by atoms with Gasteiger partial charge in [-0.1, -0.05) is 6.07 Å². The number of aromatic nitrogens is 4. The predicted octanol–water partition coefficient (Wildman–Crippen LogP) is 3.14. The molecular formula is C27H29F2N7O3. The summed E-state index contributed by atoms with van der Waals surface area (Å²) in [6.45, 7) is 3.20. The molecule has 5 rings (SSSR count). The van der Waals surface area contributed by atoms with E-state index in [2.05, 4.69) is 20.0 Å². The lowest BCUT2D eigenvalue weighted by Crippen LogP contribution is -2.37. The molecule has 1 aliphatic rings. The van der Waals surface area contributed by atoms with Crippen LogP contribution in [-0.2, 0) is 11.3 Å². The number of nitrogens with two attached hydrogens (primary N) is 1. The second kappa shape index (κ2) is 11.7. The Labute approximate surface area is 223 Å². The van der Waals surface area contributed by atoms with Crippen molar-refractivity contribution in [3.8, 4) is 5.75 Å². The molecule has 3 heterocycles. The number of primary amides is 1. The van der Waals surface area contributed by atoms with Crippen LogP contribution in [0, 0.1) is 17.6 Å². The van der Waals surface area contributed by atoms with Crippen LogP contribution in [0.1, 0.15) is 12.8 Å². The summed E-state index contributed by atoms with van der Waals surface area (Å²) in [5.41, 5.74) is 6.10. The van der Waals surface area contributed by atoms with E-state index in [1.807, 2.05) is 0 Å². The predicted molar refractivity (Wildman–Crippen MR) is 141 cm³/mol. The minimum Gasteiger partial charge on any atom is -0.492 e. The number of anilines is 3. The Morgan fingerprint density at radius 3 is 2.77 bits per heavy atom. The van der Waals surface area contributed by atoms with Crippen molar-refractivity contribution < 1.29 is 23.4 Å².